The Labute approximate surface area is 83.6 Å². The number of pyridine rings is 1. The molecule has 0 amide bonds. The number of nitrogen functional groups attached to an aromatic ring is 1. The molecule has 2 N–H and O–H groups in total. The molecule has 0 unspecified atom stereocenters. The van der Waals surface area contributed by atoms with Gasteiger partial charge in [-0.2, -0.15) is 0 Å². The molecule has 0 atom stereocenters. The van der Waals surface area contributed by atoms with Gasteiger partial charge in [-0.15, -0.1) is 0 Å². The first-order valence-electron chi connectivity index (χ1n) is 4.87. The normalized spacial score (nSPS) is 11.1. The van der Waals surface area contributed by atoms with Crippen molar-refractivity contribution in [3.63, 3.8) is 0 Å². The summed E-state index contributed by atoms with van der Waals surface area (Å²) in [5.41, 5.74) is 11.1. The van der Waals surface area contributed by atoms with Crippen LogP contribution in [0.2, 0.25) is 0 Å². The van der Waals surface area contributed by atoms with E-state index in [1.807, 2.05) is 19.2 Å². The number of fused-ring (bicyclic) bond motifs is 1. The second-order valence-corrected chi connectivity index (χ2v) is 3.65. The van der Waals surface area contributed by atoms with Crippen molar-refractivity contribution in [2.24, 2.45) is 0 Å². The third-order valence-electron chi connectivity index (χ3n) is 2.60. The van der Waals surface area contributed by atoms with Crippen LogP contribution < -0.4 is 5.73 Å². The second kappa shape index (κ2) is 3.01. The van der Waals surface area contributed by atoms with Gasteiger partial charge in [-0.1, -0.05) is 6.92 Å². The zero-order chi connectivity index (χ0) is 10.3. The summed E-state index contributed by atoms with van der Waals surface area (Å²) in [6.07, 6.45) is 2.90. The van der Waals surface area contributed by atoms with Gasteiger partial charge in [0.25, 0.3) is 0 Å². The molecule has 2 aromatic rings. The summed E-state index contributed by atoms with van der Waals surface area (Å²) in [6, 6.07) is 1.96. The fraction of sp³-hybridized carbons (Fsp3) is 0.364. The molecule has 0 radical (unpaired) electrons. The topological polar surface area (TPSA) is 43.3 Å². The maximum Gasteiger partial charge on any atom is 0.140 e. The van der Waals surface area contributed by atoms with Crippen LogP contribution in [0.1, 0.15) is 23.9 Å². The Morgan fingerprint density at radius 2 is 2.14 bits per heavy atom. The Kier molecular flexibility index (Phi) is 1.95. The number of hydrogen-bond donors (Lipinski definition) is 1. The lowest BCUT2D eigenvalue weighted by Crippen LogP contribution is -1.94. The van der Waals surface area contributed by atoms with Gasteiger partial charge in [-0.3, -0.25) is 0 Å². The summed E-state index contributed by atoms with van der Waals surface area (Å²) < 4.78 is 2.07. The molecule has 3 nitrogen and oxygen atoms in total. The lowest BCUT2D eigenvalue weighted by Gasteiger charge is -2.01. The van der Waals surface area contributed by atoms with Crippen LogP contribution in [0.15, 0.2) is 12.3 Å². The molecule has 0 aliphatic heterocycles. The van der Waals surface area contributed by atoms with Crippen molar-refractivity contribution in [2.45, 2.75) is 27.2 Å². The fourth-order valence-corrected chi connectivity index (χ4v) is 1.83. The van der Waals surface area contributed by atoms with Crippen LogP contribution in [0.3, 0.4) is 0 Å². The van der Waals surface area contributed by atoms with Gasteiger partial charge in [0.05, 0.1) is 5.69 Å². The van der Waals surface area contributed by atoms with Gasteiger partial charge in [0.2, 0.25) is 0 Å². The highest BCUT2D eigenvalue weighted by Crippen LogP contribution is 2.18. The Morgan fingerprint density at radius 1 is 1.43 bits per heavy atom. The second-order valence-electron chi connectivity index (χ2n) is 3.65. The van der Waals surface area contributed by atoms with E-state index in [0.717, 1.165) is 29.0 Å². The van der Waals surface area contributed by atoms with Crippen LogP contribution in [-0.4, -0.2) is 9.38 Å². The summed E-state index contributed by atoms with van der Waals surface area (Å²) in [4.78, 5) is 4.58. The molecule has 0 spiro atoms. The minimum Gasteiger partial charge on any atom is -0.398 e. The predicted molar refractivity (Wildman–Crippen MR) is 58.5 cm³/mol. The molecule has 2 heterocycles. The molecule has 0 fully saturated rings. The van der Waals surface area contributed by atoms with E-state index in [1.165, 1.54) is 5.69 Å². The summed E-state index contributed by atoms with van der Waals surface area (Å²) in [7, 11) is 0. The zero-order valence-electron chi connectivity index (χ0n) is 8.83. The van der Waals surface area contributed by atoms with E-state index in [9.17, 15) is 0 Å². The molecule has 3 heteroatoms. The maximum absolute atomic E-state index is 5.80. The Balaban J connectivity index is 2.85. The quantitative estimate of drug-likeness (QED) is 0.746. The van der Waals surface area contributed by atoms with E-state index in [1.54, 1.807) is 0 Å². The first-order chi connectivity index (χ1) is 6.63. The molecule has 0 saturated carbocycles. The van der Waals surface area contributed by atoms with Crippen molar-refractivity contribution in [1.82, 2.24) is 9.38 Å². The number of imidazole rings is 1. The third kappa shape index (κ3) is 1.16. The highest BCUT2D eigenvalue weighted by molar-refractivity contribution is 5.56. The van der Waals surface area contributed by atoms with E-state index in [-0.39, 0.29) is 0 Å². The first kappa shape index (κ1) is 9.06. The lowest BCUT2D eigenvalue weighted by molar-refractivity contribution is 1.02. The average molecular weight is 189 g/mol. The minimum absolute atomic E-state index is 0.790. The van der Waals surface area contributed by atoms with Crippen molar-refractivity contribution >= 4 is 11.3 Å². The molecule has 0 saturated heterocycles. The van der Waals surface area contributed by atoms with Crippen molar-refractivity contribution in [3.05, 3.63) is 29.2 Å². The number of anilines is 1. The Morgan fingerprint density at radius 3 is 2.79 bits per heavy atom. The van der Waals surface area contributed by atoms with Gasteiger partial charge in [0.15, 0.2) is 0 Å². The minimum atomic E-state index is 0.790. The number of aryl methyl sites for hydroxylation is 3. The highest BCUT2D eigenvalue weighted by atomic mass is 15.0. The first-order valence-corrected chi connectivity index (χ1v) is 4.87. The van der Waals surface area contributed by atoms with Crippen LogP contribution in [-0.2, 0) is 6.42 Å². The number of nitrogens with zero attached hydrogens (tertiary/aromatic N) is 2. The highest BCUT2D eigenvalue weighted by Gasteiger charge is 2.08. The average Bonchev–Trinajstić information content (AvgIpc) is 2.44. The summed E-state index contributed by atoms with van der Waals surface area (Å²) in [6.45, 7) is 6.24. The largest absolute Gasteiger partial charge is 0.398 e. The van der Waals surface area contributed by atoms with Gasteiger partial charge >= 0.3 is 0 Å². The van der Waals surface area contributed by atoms with Crippen molar-refractivity contribution < 1.29 is 0 Å². The fourth-order valence-electron chi connectivity index (χ4n) is 1.83. The number of nitrogens with two attached hydrogens (primary N) is 1. The molecule has 0 aliphatic rings. The number of aromatic nitrogens is 2. The van der Waals surface area contributed by atoms with Crippen LogP contribution in [0.25, 0.3) is 5.65 Å². The number of rotatable bonds is 1. The van der Waals surface area contributed by atoms with Crippen molar-refractivity contribution in [1.29, 1.82) is 0 Å². The zero-order valence-corrected chi connectivity index (χ0v) is 8.83. The maximum atomic E-state index is 5.80. The lowest BCUT2D eigenvalue weighted by atomic mass is 10.3. The standard InChI is InChI=1S/C11H15N3/c1-4-10-8(3)14-6-9(12)5-7(2)11(14)13-10/h5-6H,4,12H2,1-3H3. The van der Waals surface area contributed by atoms with Crippen molar-refractivity contribution in [3.8, 4) is 0 Å². The molecule has 74 valence electrons. The summed E-state index contributed by atoms with van der Waals surface area (Å²) in [5.74, 6) is 0. The number of hydrogen-bond acceptors (Lipinski definition) is 2. The van der Waals surface area contributed by atoms with Crippen molar-refractivity contribution in [2.75, 3.05) is 5.73 Å². The molecular weight excluding hydrogens is 174 g/mol. The molecule has 2 rings (SSSR count). The Hall–Kier alpha value is -1.51. The molecule has 0 aromatic carbocycles. The molecular formula is C11H15N3. The third-order valence-corrected chi connectivity index (χ3v) is 2.60. The van der Waals surface area contributed by atoms with Gasteiger partial charge in [-0.05, 0) is 31.9 Å². The summed E-state index contributed by atoms with van der Waals surface area (Å²) in [5, 5.41) is 0. The SMILES string of the molecule is CCc1nc2c(C)cc(N)cn2c1C. The van der Waals surface area contributed by atoms with Gasteiger partial charge in [-0.25, -0.2) is 4.98 Å². The Bertz CT molecular complexity index is 483. The molecule has 14 heavy (non-hydrogen) atoms. The van der Waals surface area contributed by atoms with Gasteiger partial charge in [0, 0.05) is 17.6 Å². The van der Waals surface area contributed by atoms with Crippen LogP contribution in [0.4, 0.5) is 5.69 Å². The van der Waals surface area contributed by atoms with E-state index in [2.05, 4.69) is 23.2 Å². The van der Waals surface area contributed by atoms with E-state index in [0.29, 0.717) is 0 Å². The van der Waals surface area contributed by atoms with E-state index >= 15 is 0 Å². The molecule has 0 aliphatic carbocycles. The van der Waals surface area contributed by atoms with Gasteiger partial charge < -0.3 is 10.1 Å². The molecule has 2 aromatic heterocycles. The smallest absolute Gasteiger partial charge is 0.140 e. The van der Waals surface area contributed by atoms with E-state index in [4.69, 9.17) is 5.73 Å². The predicted octanol–water partition coefficient (Wildman–Crippen LogP) is 2.10. The monoisotopic (exact) mass is 189 g/mol. The summed E-state index contributed by atoms with van der Waals surface area (Å²) >= 11 is 0. The van der Waals surface area contributed by atoms with Crippen LogP contribution >= 0.6 is 0 Å². The van der Waals surface area contributed by atoms with E-state index < -0.39 is 0 Å². The van der Waals surface area contributed by atoms with Gasteiger partial charge in [0.1, 0.15) is 5.65 Å². The molecule has 0 bridgehead atoms. The van der Waals surface area contributed by atoms with Crippen LogP contribution in [0.5, 0.6) is 0 Å². The van der Waals surface area contributed by atoms with Crippen LogP contribution in [0, 0.1) is 13.8 Å².